The summed E-state index contributed by atoms with van der Waals surface area (Å²) in [5, 5.41) is 0.631. The van der Waals surface area contributed by atoms with E-state index >= 15 is 0 Å². The summed E-state index contributed by atoms with van der Waals surface area (Å²) < 4.78 is 10.4. The highest BCUT2D eigenvalue weighted by Crippen LogP contribution is 2.27. The molecule has 0 N–H and O–H groups in total. The van der Waals surface area contributed by atoms with Gasteiger partial charge in [0.2, 0.25) is 5.88 Å². The fraction of sp³-hybridized carbons (Fsp3) is 0.267. The van der Waals surface area contributed by atoms with Gasteiger partial charge in [-0.25, -0.2) is 4.98 Å². The monoisotopic (exact) mass is 353 g/mol. The van der Waals surface area contributed by atoms with Crippen molar-refractivity contribution in [2.24, 2.45) is 0 Å². The van der Waals surface area contributed by atoms with Crippen LogP contribution in [-0.2, 0) is 4.74 Å². The fourth-order valence-electron chi connectivity index (χ4n) is 1.65. The zero-order valence-electron chi connectivity index (χ0n) is 12.1. The predicted octanol–water partition coefficient (Wildman–Crippen LogP) is 3.28. The van der Waals surface area contributed by atoms with Crippen molar-refractivity contribution in [3.05, 3.63) is 33.8 Å². The molecule has 0 spiro atoms. The van der Waals surface area contributed by atoms with Crippen LogP contribution < -0.4 is 4.74 Å². The molecule has 0 fully saturated rings. The molecule has 2 aromatic rings. The number of carbonyl (C=O) groups excluding carboxylic acids is 2. The Labute approximate surface area is 131 Å². The molecule has 0 atom stereocenters. The lowest BCUT2D eigenvalue weighted by Gasteiger charge is -2.08. The summed E-state index contributed by atoms with van der Waals surface area (Å²) in [5.74, 6) is 0.160. The Morgan fingerprint density at radius 3 is 2.29 bits per heavy atom. The smallest absolute Gasteiger partial charge is 0.225 e. The van der Waals surface area contributed by atoms with Crippen LogP contribution in [0.4, 0.5) is 0 Å². The number of hydrogen-bond donors (Lipinski definition) is 0. The summed E-state index contributed by atoms with van der Waals surface area (Å²) in [7, 11) is 3.09. The first-order valence-corrected chi connectivity index (χ1v) is 6.98. The molecule has 1 aromatic heterocycles. The molecular weight excluding hydrogens is 338 g/mol. The predicted molar refractivity (Wildman–Crippen MR) is 84.3 cm³/mol. The summed E-state index contributed by atoms with van der Waals surface area (Å²) in [6.07, 6.45) is 1.22. The average Bonchev–Trinajstić information content (AvgIpc) is 2.52. The molecule has 0 unspecified atom stereocenters. The highest BCUT2D eigenvalue weighted by atomic mass is 79.9. The molecule has 0 saturated heterocycles. The van der Waals surface area contributed by atoms with Crippen molar-refractivity contribution in [2.45, 2.75) is 6.92 Å². The van der Waals surface area contributed by atoms with Gasteiger partial charge in [-0.05, 0) is 19.1 Å². The molecule has 6 heteroatoms. The molecule has 21 heavy (non-hydrogen) atoms. The normalized spacial score (nSPS) is 9.71. The van der Waals surface area contributed by atoms with Crippen LogP contribution in [0.5, 0.6) is 5.88 Å². The zero-order chi connectivity index (χ0) is 15.8. The van der Waals surface area contributed by atoms with Gasteiger partial charge in [-0.1, -0.05) is 22.0 Å². The highest BCUT2D eigenvalue weighted by molar-refractivity contribution is 9.10. The number of hydrogen-bond acceptors (Lipinski definition) is 5. The number of rotatable bonds is 4. The quantitative estimate of drug-likeness (QED) is 0.789. The van der Waals surface area contributed by atoms with Gasteiger partial charge in [-0.2, -0.15) is 0 Å². The van der Waals surface area contributed by atoms with Gasteiger partial charge in [-0.3, -0.25) is 9.59 Å². The van der Waals surface area contributed by atoms with E-state index in [9.17, 15) is 9.59 Å². The van der Waals surface area contributed by atoms with Gasteiger partial charge in [-0.15, -0.1) is 0 Å². The topological polar surface area (TPSA) is 65.5 Å². The van der Waals surface area contributed by atoms with Crippen molar-refractivity contribution in [1.29, 1.82) is 0 Å². The van der Waals surface area contributed by atoms with Crippen molar-refractivity contribution >= 4 is 39.4 Å². The number of aldehydes is 2. The molecule has 1 heterocycles. The Kier molecular flexibility index (Phi) is 6.98. The second-order valence-electron chi connectivity index (χ2n) is 3.92. The second-order valence-corrected chi connectivity index (χ2v) is 4.84. The molecule has 1 aromatic carbocycles. The largest absolute Gasteiger partial charge is 0.480 e. The maximum atomic E-state index is 11.1. The van der Waals surface area contributed by atoms with Gasteiger partial charge in [0, 0.05) is 29.1 Å². The Morgan fingerprint density at radius 1 is 1.19 bits per heavy atom. The van der Waals surface area contributed by atoms with Crippen molar-refractivity contribution in [1.82, 2.24) is 4.98 Å². The molecule has 0 aliphatic carbocycles. The van der Waals surface area contributed by atoms with Crippen molar-refractivity contribution < 1.29 is 19.1 Å². The molecule has 0 aliphatic rings. The minimum Gasteiger partial charge on any atom is -0.480 e. The molecule has 5 nitrogen and oxygen atoms in total. The first-order chi connectivity index (χ1) is 10.1. The van der Waals surface area contributed by atoms with E-state index in [1.165, 1.54) is 7.11 Å². The van der Waals surface area contributed by atoms with Crippen LogP contribution in [0.3, 0.4) is 0 Å². The number of fused-ring (bicyclic) bond motifs is 1. The van der Waals surface area contributed by atoms with Crippen LogP contribution in [0.2, 0.25) is 0 Å². The van der Waals surface area contributed by atoms with Crippen LogP contribution in [0.15, 0.2) is 22.7 Å². The van der Waals surface area contributed by atoms with Crippen molar-refractivity contribution in [3.8, 4) is 5.88 Å². The highest BCUT2D eigenvalue weighted by Gasteiger charge is 2.14. The molecule has 0 amide bonds. The molecule has 0 bridgehead atoms. The molecule has 0 aliphatic heterocycles. The standard InChI is InChI=1S/C12H8BrNO3.C3H8O/c1-17-12-10(6-16)9(5-15)8-3-2-7(13)4-11(8)14-12;1-3-4-2/h2-6H,1H3;3H2,1-2H3. The third-order valence-corrected chi connectivity index (χ3v) is 3.20. The Balaban J connectivity index is 0.000000491. The summed E-state index contributed by atoms with van der Waals surface area (Å²) >= 11 is 3.32. The van der Waals surface area contributed by atoms with Crippen LogP contribution in [-0.4, -0.2) is 38.4 Å². The van der Waals surface area contributed by atoms with E-state index in [4.69, 9.17) is 4.74 Å². The number of halogens is 1. The van der Waals surface area contributed by atoms with Crippen molar-refractivity contribution in [2.75, 3.05) is 20.8 Å². The van der Waals surface area contributed by atoms with Crippen molar-refractivity contribution in [3.63, 3.8) is 0 Å². The molecular formula is C15H16BrNO4. The lowest BCUT2D eigenvalue weighted by atomic mass is 10.1. The molecule has 2 rings (SSSR count). The van der Waals surface area contributed by atoms with Gasteiger partial charge in [0.1, 0.15) is 0 Å². The van der Waals surface area contributed by atoms with E-state index < -0.39 is 0 Å². The van der Waals surface area contributed by atoms with E-state index in [1.54, 1.807) is 25.3 Å². The van der Waals surface area contributed by atoms with Crippen LogP contribution >= 0.6 is 15.9 Å². The maximum absolute atomic E-state index is 11.1. The number of aromatic nitrogens is 1. The van der Waals surface area contributed by atoms with Crippen LogP contribution in [0.1, 0.15) is 27.6 Å². The second kappa shape index (κ2) is 8.49. The molecule has 0 saturated carbocycles. The van der Waals surface area contributed by atoms with E-state index in [2.05, 4.69) is 25.7 Å². The lowest BCUT2D eigenvalue weighted by Crippen LogP contribution is -2.01. The SMILES string of the molecule is CCOC.COc1nc2cc(Br)ccc2c(C=O)c1C=O. The first kappa shape index (κ1) is 17.3. The van der Waals surface area contributed by atoms with Crippen LogP contribution in [0.25, 0.3) is 10.9 Å². The molecule has 0 radical (unpaired) electrons. The van der Waals surface area contributed by atoms with E-state index in [-0.39, 0.29) is 11.4 Å². The number of pyridine rings is 1. The van der Waals surface area contributed by atoms with Gasteiger partial charge >= 0.3 is 0 Å². The number of nitrogens with zero attached hydrogens (tertiary/aromatic N) is 1. The van der Waals surface area contributed by atoms with E-state index in [1.807, 2.05) is 6.92 Å². The third kappa shape index (κ3) is 4.09. The average molecular weight is 354 g/mol. The van der Waals surface area contributed by atoms with Gasteiger partial charge < -0.3 is 9.47 Å². The number of methoxy groups -OCH3 is 2. The minimum absolute atomic E-state index is 0.160. The summed E-state index contributed by atoms with van der Waals surface area (Å²) in [6.45, 7) is 2.78. The summed E-state index contributed by atoms with van der Waals surface area (Å²) in [4.78, 5) is 26.3. The Morgan fingerprint density at radius 2 is 1.81 bits per heavy atom. The Bertz CT molecular complexity index is 641. The first-order valence-electron chi connectivity index (χ1n) is 6.19. The Hall–Kier alpha value is -1.79. The lowest BCUT2D eigenvalue weighted by molar-refractivity contribution is 0.109. The fourth-order valence-corrected chi connectivity index (χ4v) is 2.00. The number of carbonyl (C=O) groups is 2. The summed E-state index contributed by atoms with van der Waals surface area (Å²) in [5.41, 5.74) is 1.08. The van der Waals surface area contributed by atoms with E-state index in [0.29, 0.717) is 29.0 Å². The third-order valence-electron chi connectivity index (χ3n) is 2.71. The van der Waals surface area contributed by atoms with Gasteiger partial charge in [0.25, 0.3) is 0 Å². The van der Waals surface area contributed by atoms with E-state index in [0.717, 1.165) is 11.1 Å². The van der Waals surface area contributed by atoms with Crippen LogP contribution in [0, 0.1) is 0 Å². The number of ether oxygens (including phenoxy) is 2. The number of benzene rings is 1. The molecule has 112 valence electrons. The maximum Gasteiger partial charge on any atom is 0.225 e. The zero-order valence-corrected chi connectivity index (χ0v) is 13.6. The minimum atomic E-state index is 0.160. The van der Waals surface area contributed by atoms with Gasteiger partial charge in [0.15, 0.2) is 12.6 Å². The summed E-state index contributed by atoms with van der Waals surface area (Å²) in [6, 6.07) is 5.29. The van der Waals surface area contributed by atoms with Gasteiger partial charge in [0.05, 0.1) is 18.2 Å².